The van der Waals surface area contributed by atoms with Gasteiger partial charge in [-0.15, -0.1) is 11.3 Å². The Hall–Kier alpha value is -0.490. The van der Waals surface area contributed by atoms with E-state index in [1.165, 1.54) is 11.3 Å². The van der Waals surface area contributed by atoms with E-state index in [1.807, 2.05) is 5.51 Å². The number of thiazole rings is 1. The Labute approximate surface area is 126 Å². The average molecular weight is 297 g/mol. The zero-order chi connectivity index (χ0) is 14.6. The van der Waals surface area contributed by atoms with Crippen molar-refractivity contribution in [3.63, 3.8) is 0 Å². The van der Waals surface area contributed by atoms with E-state index in [2.05, 4.69) is 30.8 Å². The van der Waals surface area contributed by atoms with Gasteiger partial charge in [-0.2, -0.15) is 0 Å². The molecule has 0 aliphatic carbocycles. The molecule has 0 spiro atoms. The molecule has 1 aromatic heterocycles. The maximum absolute atomic E-state index is 6.16. The topological polar surface area (TPSA) is 51.4 Å². The maximum Gasteiger partial charge on any atom is 0.0798 e. The van der Waals surface area contributed by atoms with E-state index in [4.69, 9.17) is 10.5 Å². The molecule has 2 N–H and O–H groups in total. The molecular formula is C15H27N3OS. The van der Waals surface area contributed by atoms with Crippen molar-refractivity contribution in [3.05, 3.63) is 16.1 Å². The van der Waals surface area contributed by atoms with Crippen molar-refractivity contribution in [3.8, 4) is 0 Å². The summed E-state index contributed by atoms with van der Waals surface area (Å²) in [6.45, 7) is 6.76. The third-order valence-corrected chi connectivity index (χ3v) is 5.47. The van der Waals surface area contributed by atoms with E-state index in [-0.39, 0.29) is 5.54 Å². The van der Waals surface area contributed by atoms with Crippen molar-refractivity contribution >= 4 is 11.3 Å². The van der Waals surface area contributed by atoms with Gasteiger partial charge in [-0.1, -0.05) is 13.3 Å². The molecular weight excluding hydrogens is 270 g/mol. The van der Waals surface area contributed by atoms with E-state index in [9.17, 15) is 0 Å². The van der Waals surface area contributed by atoms with Crippen LogP contribution in [0, 0.1) is 6.92 Å². The monoisotopic (exact) mass is 297 g/mol. The highest BCUT2D eigenvalue weighted by Crippen LogP contribution is 2.32. The molecule has 0 aromatic carbocycles. The lowest BCUT2D eigenvalue weighted by atomic mass is 9.84. The first-order valence-corrected chi connectivity index (χ1v) is 8.41. The Morgan fingerprint density at radius 1 is 1.60 bits per heavy atom. The van der Waals surface area contributed by atoms with Crippen LogP contribution in [-0.4, -0.2) is 41.7 Å². The molecule has 20 heavy (non-hydrogen) atoms. The second kappa shape index (κ2) is 6.98. The van der Waals surface area contributed by atoms with Crippen LogP contribution in [0.1, 0.15) is 43.2 Å². The summed E-state index contributed by atoms with van der Waals surface area (Å²) in [7, 11) is 2.19. The molecule has 1 aliphatic heterocycles. The lowest BCUT2D eigenvalue weighted by Gasteiger charge is -2.46. The molecule has 0 saturated carbocycles. The summed E-state index contributed by atoms with van der Waals surface area (Å²) in [5.74, 6) is 0. The average Bonchev–Trinajstić information content (AvgIpc) is 2.85. The van der Waals surface area contributed by atoms with Gasteiger partial charge in [0.05, 0.1) is 17.3 Å². The minimum atomic E-state index is 0.0779. The Morgan fingerprint density at radius 2 is 2.40 bits per heavy atom. The largest absolute Gasteiger partial charge is 0.378 e. The standard InChI is InChI=1S/C15H27N3OS/c1-4-5-13-8-15(10-16,6-7-19-13)18(3)9-14-12(2)17-11-20-14/h11,13H,4-10,16H2,1-3H3. The van der Waals surface area contributed by atoms with E-state index < -0.39 is 0 Å². The molecule has 5 heteroatoms. The van der Waals surface area contributed by atoms with Crippen molar-refractivity contribution < 1.29 is 4.74 Å². The zero-order valence-electron chi connectivity index (χ0n) is 12.9. The van der Waals surface area contributed by atoms with Crippen LogP contribution in [0.3, 0.4) is 0 Å². The number of nitrogens with two attached hydrogens (primary N) is 1. The Kier molecular flexibility index (Phi) is 5.55. The molecule has 0 bridgehead atoms. The van der Waals surface area contributed by atoms with Gasteiger partial charge >= 0.3 is 0 Å². The van der Waals surface area contributed by atoms with Crippen molar-refractivity contribution in [2.24, 2.45) is 5.73 Å². The van der Waals surface area contributed by atoms with E-state index in [0.717, 1.165) is 38.1 Å². The first-order valence-electron chi connectivity index (χ1n) is 7.53. The lowest BCUT2D eigenvalue weighted by molar-refractivity contribution is -0.0689. The molecule has 2 unspecified atom stereocenters. The van der Waals surface area contributed by atoms with Crippen molar-refractivity contribution in [2.45, 2.75) is 57.7 Å². The third kappa shape index (κ3) is 3.39. The summed E-state index contributed by atoms with van der Waals surface area (Å²) in [6, 6.07) is 0. The molecule has 1 aromatic rings. The molecule has 0 radical (unpaired) electrons. The van der Waals surface area contributed by atoms with Crippen molar-refractivity contribution in [1.29, 1.82) is 0 Å². The predicted molar refractivity (Wildman–Crippen MR) is 84.0 cm³/mol. The van der Waals surface area contributed by atoms with Crippen LogP contribution >= 0.6 is 11.3 Å². The zero-order valence-corrected chi connectivity index (χ0v) is 13.7. The fourth-order valence-electron chi connectivity index (χ4n) is 3.06. The first-order chi connectivity index (χ1) is 9.61. The number of aromatic nitrogens is 1. The summed E-state index contributed by atoms with van der Waals surface area (Å²) in [5.41, 5.74) is 9.31. The highest BCUT2D eigenvalue weighted by molar-refractivity contribution is 7.09. The summed E-state index contributed by atoms with van der Waals surface area (Å²) in [5, 5.41) is 0. The van der Waals surface area contributed by atoms with Gasteiger partial charge in [0, 0.05) is 30.1 Å². The van der Waals surface area contributed by atoms with Crippen molar-refractivity contribution in [1.82, 2.24) is 9.88 Å². The van der Waals surface area contributed by atoms with Crippen LogP contribution < -0.4 is 5.73 Å². The van der Waals surface area contributed by atoms with Crippen LogP contribution in [0.5, 0.6) is 0 Å². The minimum absolute atomic E-state index is 0.0779. The van der Waals surface area contributed by atoms with Crippen LogP contribution in [0.25, 0.3) is 0 Å². The van der Waals surface area contributed by atoms with Crippen LogP contribution in [-0.2, 0) is 11.3 Å². The number of nitrogens with zero attached hydrogens (tertiary/aromatic N) is 2. The Bertz CT molecular complexity index is 421. The Morgan fingerprint density at radius 3 is 3.00 bits per heavy atom. The normalized spacial score (nSPS) is 27.1. The van der Waals surface area contributed by atoms with Gasteiger partial charge in [0.15, 0.2) is 0 Å². The maximum atomic E-state index is 6.16. The van der Waals surface area contributed by atoms with Gasteiger partial charge in [0.25, 0.3) is 0 Å². The molecule has 114 valence electrons. The number of ether oxygens (including phenoxy) is 1. The lowest BCUT2D eigenvalue weighted by Crippen LogP contribution is -2.56. The van der Waals surface area contributed by atoms with Gasteiger partial charge in [-0.3, -0.25) is 4.90 Å². The second-order valence-electron chi connectivity index (χ2n) is 5.88. The number of hydrogen-bond acceptors (Lipinski definition) is 5. The Balaban J connectivity index is 2.07. The van der Waals surface area contributed by atoms with Gasteiger partial charge in [-0.05, 0) is 33.2 Å². The molecule has 4 nitrogen and oxygen atoms in total. The van der Waals surface area contributed by atoms with Crippen LogP contribution in [0.4, 0.5) is 0 Å². The summed E-state index contributed by atoms with van der Waals surface area (Å²) < 4.78 is 5.89. The van der Waals surface area contributed by atoms with E-state index >= 15 is 0 Å². The minimum Gasteiger partial charge on any atom is -0.378 e. The molecule has 2 atom stereocenters. The molecule has 1 aliphatic rings. The van der Waals surface area contributed by atoms with Crippen LogP contribution in [0.15, 0.2) is 5.51 Å². The second-order valence-corrected chi connectivity index (χ2v) is 6.82. The first kappa shape index (κ1) is 15.9. The van der Waals surface area contributed by atoms with Gasteiger partial charge < -0.3 is 10.5 Å². The van der Waals surface area contributed by atoms with Gasteiger partial charge in [0.2, 0.25) is 0 Å². The highest BCUT2D eigenvalue weighted by atomic mass is 32.1. The van der Waals surface area contributed by atoms with E-state index in [1.54, 1.807) is 11.3 Å². The summed E-state index contributed by atoms with van der Waals surface area (Å²) >= 11 is 1.74. The number of hydrogen-bond donors (Lipinski definition) is 1. The number of likely N-dealkylation sites (N-methyl/N-ethyl adjacent to an activating group) is 1. The predicted octanol–water partition coefficient (Wildman–Crippen LogP) is 2.56. The fourth-order valence-corrected chi connectivity index (χ4v) is 3.89. The van der Waals surface area contributed by atoms with Gasteiger partial charge in [0.1, 0.15) is 0 Å². The smallest absolute Gasteiger partial charge is 0.0798 e. The van der Waals surface area contributed by atoms with Crippen LogP contribution in [0.2, 0.25) is 0 Å². The highest BCUT2D eigenvalue weighted by Gasteiger charge is 2.39. The molecule has 2 rings (SSSR count). The molecule has 0 amide bonds. The SMILES string of the molecule is CCCC1CC(CN)(N(C)Cc2scnc2C)CCO1. The molecule has 2 heterocycles. The quantitative estimate of drug-likeness (QED) is 0.877. The third-order valence-electron chi connectivity index (χ3n) is 4.55. The summed E-state index contributed by atoms with van der Waals surface area (Å²) in [6.07, 6.45) is 4.74. The number of rotatable bonds is 6. The molecule has 1 saturated heterocycles. The summed E-state index contributed by atoms with van der Waals surface area (Å²) in [4.78, 5) is 8.12. The van der Waals surface area contributed by atoms with E-state index in [0.29, 0.717) is 12.6 Å². The molecule has 1 fully saturated rings. The number of aryl methyl sites for hydroxylation is 1. The fraction of sp³-hybridized carbons (Fsp3) is 0.800. The van der Waals surface area contributed by atoms with Crippen molar-refractivity contribution in [2.75, 3.05) is 20.2 Å². The van der Waals surface area contributed by atoms with Gasteiger partial charge in [-0.25, -0.2) is 4.98 Å².